The van der Waals surface area contributed by atoms with Crippen molar-refractivity contribution in [3.05, 3.63) is 32.6 Å². The molecule has 14 heavy (non-hydrogen) atoms. The Kier molecular flexibility index (Phi) is 2.69. The monoisotopic (exact) mass is 196 g/mol. The standard InChI is InChI=1S/C9H12N2O3/c1-5(2)11-8(13)7(6(3)12)4-10-9(11)14/h4-5H,1-3H3,(H,10,14). The average Bonchev–Trinajstić information content (AvgIpc) is 2.02. The molecule has 0 amide bonds. The van der Waals surface area contributed by atoms with Crippen LogP contribution in [0, 0.1) is 0 Å². The van der Waals surface area contributed by atoms with Gasteiger partial charge in [0.25, 0.3) is 5.56 Å². The fourth-order valence-electron chi connectivity index (χ4n) is 1.21. The van der Waals surface area contributed by atoms with E-state index in [9.17, 15) is 14.4 Å². The smallest absolute Gasteiger partial charge is 0.313 e. The van der Waals surface area contributed by atoms with Crippen molar-refractivity contribution in [2.45, 2.75) is 26.8 Å². The highest BCUT2D eigenvalue weighted by Gasteiger charge is 2.12. The summed E-state index contributed by atoms with van der Waals surface area (Å²) in [7, 11) is 0. The quantitative estimate of drug-likeness (QED) is 0.692. The fourth-order valence-corrected chi connectivity index (χ4v) is 1.21. The molecular formula is C9H12N2O3. The molecule has 0 saturated carbocycles. The number of rotatable bonds is 2. The van der Waals surface area contributed by atoms with E-state index in [0.29, 0.717) is 0 Å². The Morgan fingerprint density at radius 3 is 2.43 bits per heavy atom. The van der Waals surface area contributed by atoms with Crippen molar-refractivity contribution in [3.8, 4) is 0 Å². The van der Waals surface area contributed by atoms with Crippen LogP contribution in [0.25, 0.3) is 0 Å². The van der Waals surface area contributed by atoms with Gasteiger partial charge in [0.1, 0.15) is 0 Å². The van der Waals surface area contributed by atoms with E-state index in [2.05, 4.69) is 4.98 Å². The van der Waals surface area contributed by atoms with Crippen molar-refractivity contribution in [3.63, 3.8) is 0 Å². The highest BCUT2D eigenvalue weighted by Crippen LogP contribution is 1.95. The second-order valence-corrected chi connectivity index (χ2v) is 3.33. The third kappa shape index (κ3) is 1.66. The minimum absolute atomic E-state index is 0.0123. The van der Waals surface area contributed by atoms with E-state index in [0.717, 1.165) is 10.8 Å². The molecule has 76 valence electrons. The first-order chi connectivity index (χ1) is 6.45. The number of ketones is 1. The molecule has 0 unspecified atom stereocenters. The summed E-state index contributed by atoms with van der Waals surface area (Å²) in [5.41, 5.74) is -1.01. The SMILES string of the molecule is CC(=O)c1c[nH]c(=O)n(C(C)C)c1=O. The predicted octanol–water partition coefficient (Wildman–Crippen LogP) is 0.320. The maximum Gasteiger partial charge on any atom is 0.328 e. The number of hydrogen-bond donors (Lipinski definition) is 1. The zero-order chi connectivity index (χ0) is 10.9. The van der Waals surface area contributed by atoms with Gasteiger partial charge < -0.3 is 4.98 Å². The molecule has 0 spiro atoms. The Bertz CT molecular complexity index is 468. The molecule has 0 atom stereocenters. The lowest BCUT2D eigenvalue weighted by atomic mass is 10.2. The van der Waals surface area contributed by atoms with Crippen molar-refractivity contribution in [2.75, 3.05) is 0 Å². The number of Topliss-reactive ketones (excluding diaryl/α,β-unsaturated/α-hetero) is 1. The highest BCUT2D eigenvalue weighted by molar-refractivity contribution is 5.93. The fraction of sp³-hybridized carbons (Fsp3) is 0.444. The van der Waals surface area contributed by atoms with Gasteiger partial charge in [-0.1, -0.05) is 0 Å². The summed E-state index contributed by atoms with van der Waals surface area (Å²) in [4.78, 5) is 36.2. The molecule has 1 aromatic rings. The molecule has 0 aromatic carbocycles. The van der Waals surface area contributed by atoms with E-state index in [-0.39, 0.29) is 17.4 Å². The summed E-state index contributed by atoms with van der Waals surface area (Å²) in [5, 5.41) is 0. The van der Waals surface area contributed by atoms with Gasteiger partial charge in [0, 0.05) is 12.2 Å². The van der Waals surface area contributed by atoms with Gasteiger partial charge in [-0.25, -0.2) is 4.79 Å². The molecule has 1 heterocycles. The Hall–Kier alpha value is -1.65. The Morgan fingerprint density at radius 2 is 2.00 bits per heavy atom. The topological polar surface area (TPSA) is 71.9 Å². The molecule has 5 heteroatoms. The van der Waals surface area contributed by atoms with E-state index in [4.69, 9.17) is 0 Å². The second kappa shape index (κ2) is 3.61. The van der Waals surface area contributed by atoms with Crippen LogP contribution in [0.5, 0.6) is 0 Å². The summed E-state index contributed by atoms with van der Waals surface area (Å²) >= 11 is 0. The van der Waals surface area contributed by atoms with Crippen LogP contribution in [0.4, 0.5) is 0 Å². The molecule has 0 radical (unpaired) electrons. The van der Waals surface area contributed by atoms with E-state index in [1.54, 1.807) is 13.8 Å². The zero-order valence-corrected chi connectivity index (χ0v) is 8.33. The Labute approximate surface area is 80.4 Å². The number of H-pyrrole nitrogens is 1. The summed E-state index contributed by atoms with van der Waals surface area (Å²) in [5.74, 6) is -0.347. The third-order valence-electron chi connectivity index (χ3n) is 1.90. The number of nitrogens with one attached hydrogen (secondary N) is 1. The van der Waals surface area contributed by atoms with Crippen molar-refractivity contribution in [2.24, 2.45) is 0 Å². The molecule has 0 aliphatic heterocycles. The van der Waals surface area contributed by atoms with Crippen molar-refractivity contribution in [1.82, 2.24) is 9.55 Å². The van der Waals surface area contributed by atoms with E-state index < -0.39 is 11.2 Å². The number of hydrogen-bond acceptors (Lipinski definition) is 3. The number of carbonyl (C=O) groups excluding carboxylic acids is 1. The van der Waals surface area contributed by atoms with Gasteiger partial charge in [-0.3, -0.25) is 14.2 Å². The molecule has 1 N–H and O–H groups in total. The lowest BCUT2D eigenvalue weighted by Crippen LogP contribution is -2.38. The second-order valence-electron chi connectivity index (χ2n) is 3.33. The van der Waals surface area contributed by atoms with Crippen LogP contribution in [0.15, 0.2) is 15.8 Å². The minimum atomic E-state index is -0.531. The summed E-state index contributed by atoms with van der Waals surface area (Å²) in [6.07, 6.45) is 1.16. The van der Waals surface area contributed by atoms with Gasteiger partial charge in [-0.15, -0.1) is 0 Å². The molecule has 0 fully saturated rings. The van der Waals surface area contributed by atoms with Crippen LogP contribution in [0.1, 0.15) is 37.2 Å². The van der Waals surface area contributed by atoms with Crippen LogP contribution in [-0.4, -0.2) is 15.3 Å². The van der Waals surface area contributed by atoms with Gasteiger partial charge in [-0.2, -0.15) is 0 Å². The van der Waals surface area contributed by atoms with E-state index >= 15 is 0 Å². The van der Waals surface area contributed by atoms with Gasteiger partial charge in [0.2, 0.25) is 0 Å². The number of nitrogens with zero attached hydrogens (tertiary/aromatic N) is 1. The summed E-state index contributed by atoms with van der Waals surface area (Å²) < 4.78 is 1.02. The van der Waals surface area contributed by atoms with Crippen LogP contribution in [0.2, 0.25) is 0 Å². The van der Waals surface area contributed by atoms with Crippen LogP contribution in [-0.2, 0) is 0 Å². The first kappa shape index (κ1) is 10.4. The first-order valence-electron chi connectivity index (χ1n) is 4.30. The van der Waals surface area contributed by atoms with E-state index in [1.165, 1.54) is 6.92 Å². The number of aromatic amines is 1. The summed E-state index contributed by atoms with van der Waals surface area (Å²) in [6, 6.07) is -0.259. The molecule has 0 saturated heterocycles. The predicted molar refractivity (Wildman–Crippen MR) is 51.7 cm³/mol. The molecule has 5 nitrogen and oxygen atoms in total. The van der Waals surface area contributed by atoms with Crippen molar-refractivity contribution < 1.29 is 4.79 Å². The van der Waals surface area contributed by atoms with Crippen LogP contribution >= 0.6 is 0 Å². The maximum atomic E-state index is 11.6. The number of carbonyl (C=O) groups is 1. The molecule has 1 aromatic heterocycles. The van der Waals surface area contributed by atoms with Gasteiger partial charge >= 0.3 is 5.69 Å². The molecular weight excluding hydrogens is 184 g/mol. The Morgan fingerprint density at radius 1 is 1.43 bits per heavy atom. The van der Waals surface area contributed by atoms with Crippen molar-refractivity contribution in [1.29, 1.82) is 0 Å². The number of aromatic nitrogens is 2. The van der Waals surface area contributed by atoms with Crippen LogP contribution < -0.4 is 11.2 Å². The third-order valence-corrected chi connectivity index (χ3v) is 1.90. The van der Waals surface area contributed by atoms with Crippen LogP contribution in [0.3, 0.4) is 0 Å². The molecule has 1 rings (SSSR count). The van der Waals surface area contributed by atoms with Gasteiger partial charge in [-0.05, 0) is 20.8 Å². The molecule has 0 aliphatic carbocycles. The lowest BCUT2D eigenvalue weighted by molar-refractivity contribution is 0.101. The highest BCUT2D eigenvalue weighted by atomic mass is 16.2. The molecule has 0 aliphatic rings. The average molecular weight is 196 g/mol. The molecule has 0 bridgehead atoms. The first-order valence-corrected chi connectivity index (χ1v) is 4.30. The van der Waals surface area contributed by atoms with Gasteiger partial charge in [0.15, 0.2) is 5.78 Å². The maximum absolute atomic E-state index is 11.6. The lowest BCUT2D eigenvalue weighted by Gasteiger charge is -2.08. The minimum Gasteiger partial charge on any atom is -0.313 e. The van der Waals surface area contributed by atoms with Gasteiger partial charge in [0.05, 0.1) is 5.56 Å². The largest absolute Gasteiger partial charge is 0.328 e. The zero-order valence-electron chi connectivity index (χ0n) is 8.33. The Balaban J connectivity index is 3.58. The summed E-state index contributed by atoms with van der Waals surface area (Å²) in [6.45, 7) is 4.71. The van der Waals surface area contributed by atoms with E-state index in [1.807, 2.05) is 0 Å². The van der Waals surface area contributed by atoms with Crippen molar-refractivity contribution >= 4 is 5.78 Å². The normalized spacial score (nSPS) is 10.6.